The topological polar surface area (TPSA) is 88.5 Å². The van der Waals surface area contributed by atoms with Gasteiger partial charge in [0.1, 0.15) is 0 Å². The molecule has 1 spiro atoms. The average molecular weight is 486 g/mol. The summed E-state index contributed by atoms with van der Waals surface area (Å²) in [5.74, 6) is -0.561. The van der Waals surface area contributed by atoms with E-state index in [1.807, 2.05) is 23.1 Å². The molecule has 0 saturated carbocycles. The van der Waals surface area contributed by atoms with E-state index >= 15 is 0 Å². The predicted molar refractivity (Wildman–Crippen MR) is 125 cm³/mol. The normalized spacial score (nSPS) is 19.3. The number of hydrogen-bond donors (Lipinski definition) is 2. The summed E-state index contributed by atoms with van der Waals surface area (Å²) in [5.41, 5.74) is -0.786. The summed E-state index contributed by atoms with van der Waals surface area (Å²) >= 11 is 0. The molecule has 2 heterocycles. The zero-order chi connectivity index (χ0) is 25.2. The number of rotatable bonds is 3. The molecular weight excluding hydrogens is 459 g/mol. The van der Waals surface area contributed by atoms with Gasteiger partial charge in [-0.15, -0.1) is 0 Å². The Bertz CT molecular complexity index is 1140. The van der Waals surface area contributed by atoms with Gasteiger partial charge in [0.2, 0.25) is 5.91 Å². The third kappa shape index (κ3) is 4.90. The Kier molecular flexibility index (Phi) is 6.61. The lowest BCUT2D eigenvalue weighted by Gasteiger charge is -2.42. The van der Waals surface area contributed by atoms with Crippen molar-refractivity contribution in [3.05, 3.63) is 59.7 Å². The van der Waals surface area contributed by atoms with E-state index in [0.717, 1.165) is 6.07 Å². The Hall–Kier alpha value is -3.74. The van der Waals surface area contributed by atoms with E-state index in [2.05, 4.69) is 10.6 Å². The van der Waals surface area contributed by atoms with Gasteiger partial charge in [0.25, 0.3) is 0 Å². The molecule has 4 rings (SSSR count). The van der Waals surface area contributed by atoms with Gasteiger partial charge >= 0.3 is 12.2 Å². The van der Waals surface area contributed by atoms with Crippen molar-refractivity contribution in [3.63, 3.8) is 0 Å². The molecule has 3 amide bonds. The molecule has 2 fully saturated rings. The maximum absolute atomic E-state index is 13.4. The maximum Gasteiger partial charge on any atom is 0.417 e. The minimum atomic E-state index is -4.62. The third-order valence-electron chi connectivity index (χ3n) is 7.08. The summed E-state index contributed by atoms with van der Waals surface area (Å²) in [4.78, 5) is 29.2. The molecule has 1 atom stereocenters. The number of alkyl halides is 3. The lowest BCUT2D eigenvalue weighted by atomic mass is 9.70. The standard InChI is InChI=1S/C25H26F3N5O2/c1-30-22(34)21-15-33(23(35)31-18-5-3-2-4-6-18)16-24(21)9-11-32(12-10-24)19-8-7-17(14-29)20(13-19)25(26,27)28/h2-8,13,21H,9-12,15-16H2,1H3,(H,30,34)(H,31,35). The fourth-order valence-corrected chi connectivity index (χ4v) is 5.16. The number of amides is 3. The van der Waals surface area contributed by atoms with Gasteiger partial charge in [0, 0.05) is 50.0 Å². The summed E-state index contributed by atoms with van der Waals surface area (Å²) in [5, 5.41) is 14.6. The van der Waals surface area contributed by atoms with Crippen LogP contribution in [0.1, 0.15) is 24.0 Å². The third-order valence-corrected chi connectivity index (χ3v) is 7.08. The van der Waals surface area contributed by atoms with Crippen molar-refractivity contribution >= 4 is 23.3 Å². The first-order chi connectivity index (χ1) is 16.7. The fraction of sp³-hybridized carbons (Fsp3) is 0.400. The van der Waals surface area contributed by atoms with Crippen LogP contribution >= 0.6 is 0 Å². The second-order valence-corrected chi connectivity index (χ2v) is 9.03. The number of urea groups is 1. The number of anilines is 2. The van der Waals surface area contributed by atoms with Crippen molar-refractivity contribution in [2.45, 2.75) is 19.0 Å². The number of likely N-dealkylation sites (tertiary alicyclic amines) is 1. The van der Waals surface area contributed by atoms with Crippen molar-refractivity contribution in [1.29, 1.82) is 5.26 Å². The zero-order valence-electron chi connectivity index (χ0n) is 19.2. The molecule has 0 aromatic heterocycles. The Morgan fingerprint density at radius 3 is 2.40 bits per heavy atom. The monoisotopic (exact) mass is 485 g/mol. The first kappa shape index (κ1) is 24.4. The molecular formula is C25H26F3N5O2. The molecule has 35 heavy (non-hydrogen) atoms. The molecule has 0 radical (unpaired) electrons. The van der Waals surface area contributed by atoms with Crippen molar-refractivity contribution in [3.8, 4) is 6.07 Å². The maximum atomic E-state index is 13.4. The highest BCUT2D eigenvalue weighted by molar-refractivity contribution is 5.90. The minimum Gasteiger partial charge on any atom is -0.371 e. The van der Waals surface area contributed by atoms with E-state index in [-0.39, 0.29) is 18.5 Å². The van der Waals surface area contributed by atoms with Crippen molar-refractivity contribution in [1.82, 2.24) is 10.2 Å². The Labute approximate surface area is 201 Å². The highest BCUT2D eigenvalue weighted by Crippen LogP contribution is 2.46. The molecule has 2 aliphatic rings. The van der Waals surface area contributed by atoms with Gasteiger partial charge in [-0.3, -0.25) is 4.79 Å². The summed E-state index contributed by atoms with van der Waals surface area (Å²) in [7, 11) is 1.56. The average Bonchev–Trinajstić information content (AvgIpc) is 3.22. The van der Waals surface area contributed by atoms with E-state index in [0.29, 0.717) is 43.9 Å². The van der Waals surface area contributed by atoms with Crippen molar-refractivity contribution < 1.29 is 22.8 Å². The molecule has 0 aliphatic carbocycles. The summed E-state index contributed by atoms with van der Waals surface area (Å²) < 4.78 is 40.3. The van der Waals surface area contributed by atoms with Gasteiger partial charge in [-0.05, 0) is 43.2 Å². The number of carbonyl (C=O) groups excluding carboxylic acids is 2. The molecule has 10 heteroatoms. The van der Waals surface area contributed by atoms with E-state index in [9.17, 15) is 22.8 Å². The second-order valence-electron chi connectivity index (χ2n) is 9.03. The largest absolute Gasteiger partial charge is 0.417 e. The summed E-state index contributed by atoms with van der Waals surface area (Å²) in [6.07, 6.45) is -3.54. The van der Waals surface area contributed by atoms with Crippen LogP contribution in [0.4, 0.5) is 29.3 Å². The van der Waals surface area contributed by atoms with Crippen LogP contribution in [0.3, 0.4) is 0 Å². The number of piperidine rings is 1. The van der Waals surface area contributed by atoms with Gasteiger partial charge in [-0.25, -0.2) is 4.79 Å². The molecule has 2 saturated heterocycles. The number of hydrogen-bond acceptors (Lipinski definition) is 4. The highest BCUT2D eigenvalue weighted by Gasteiger charge is 2.52. The predicted octanol–water partition coefficient (Wildman–Crippen LogP) is 4.07. The van der Waals surface area contributed by atoms with Gasteiger partial charge in [0.05, 0.1) is 23.1 Å². The Morgan fingerprint density at radius 2 is 1.80 bits per heavy atom. The fourth-order valence-electron chi connectivity index (χ4n) is 5.16. The van der Waals surface area contributed by atoms with Crippen LogP contribution < -0.4 is 15.5 Å². The summed E-state index contributed by atoms with van der Waals surface area (Å²) in [6, 6.07) is 14.1. The molecule has 184 valence electrons. The van der Waals surface area contributed by atoms with Crippen LogP contribution in [0.2, 0.25) is 0 Å². The molecule has 1 unspecified atom stereocenters. The number of nitrogens with zero attached hydrogens (tertiary/aromatic N) is 3. The Balaban J connectivity index is 1.51. The number of nitriles is 1. The zero-order valence-corrected chi connectivity index (χ0v) is 19.2. The Morgan fingerprint density at radius 1 is 1.11 bits per heavy atom. The molecule has 0 bridgehead atoms. The summed E-state index contributed by atoms with van der Waals surface area (Å²) in [6.45, 7) is 1.53. The number of para-hydroxylation sites is 1. The highest BCUT2D eigenvalue weighted by atomic mass is 19.4. The van der Waals surface area contributed by atoms with E-state index in [4.69, 9.17) is 5.26 Å². The number of nitrogens with one attached hydrogen (secondary N) is 2. The van der Waals surface area contributed by atoms with Crippen LogP contribution in [0.15, 0.2) is 48.5 Å². The number of benzene rings is 2. The number of halogens is 3. The molecule has 2 N–H and O–H groups in total. The van der Waals surface area contributed by atoms with E-state index in [1.165, 1.54) is 12.1 Å². The molecule has 2 aliphatic heterocycles. The van der Waals surface area contributed by atoms with Crippen LogP contribution in [-0.4, -0.2) is 50.1 Å². The van der Waals surface area contributed by atoms with Crippen molar-refractivity contribution in [2.75, 3.05) is 43.4 Å². The van der Waals surface area contributed by atoms with E-state index in [1.54, 1.807) is 30.1 Å². The van der Waals surface area contributed by atoms with Gasteiger partial charge in [0.15, 0.2) is 0 Å². The van der Waals surface area contributed by atoms with Crippen LogP contribution in [0.25, 0.3) is 0 Å². The van der Waals surface area contributed by atoms with E-state index < -0.39 is 28.6 Å². The van der Waals surface area contributed by atoms with Gasteiger partial charge in [-0.2, -0.15) is 18.4 Å². The second kappa shape index (κ2) is 9.49. The first-order valence-corrected chi connectivity index (χ1v) is 11.4. The van der Waals surface area contributed by atoms with Gasteiger partial charge < -0.3 is 20.4 Å². The van der Waals surface area contributed by atoms with Crippen molar-refractivity contribution in [2.24, 2.45) is 11.3 Å². The van der Waals surface area contributed by atoms with Crippen LogP contribution in [-0.2, 0) is 11.0 Å². The smallest absolute Gasteiger partial charge is 0.371 e. The molecule has 2 aromatic rings. The minimum absolute atomic E-state index is 0.147. The van der Waals surface area contributed by atoms with Crippen LogP contribution in [0, 0.1) is 22.7 Å². The lowest BCUT2D eigenvalue weighted by Crippen LogP contribution is -2.48. The quantitative estimate of drug-likeness (QED) is 0.686. The SMILES string of the molecule is CNC(=O)C1CN(C(=O)Nc2ccccc2)CC12CCN(c1ccc(C#N)c(C(F)(F)F)c1)CC2. The molecule has 2 aromatic carbocycles. The molecule has 7 nitrogen and oxygen atoms in total. The van der Waals surface area contributed by atoms with Gasteiger partial charge in [-0.1, -0.05) is 18.2 Å². The van der Waals surface area contributed by atoms with Crippen LogP contribution in [0.5, 0.6) is 0 Å². The first-order valence-electron chi connectivity index (χ1n) is 11.4. The lowest BCUT2D eigenvalue weighted by molar-refractivity contribution is -0.137. The number of carbonyl (C=O) groups is 2.